The smallest absolute Gasteiger partial charge is 0.316 e. The number of allylic oxidation sites excluding steroid dienone is 2. The largest absolute Gasteiger partial charge is 0.469 e. The second-order valence-electron chi connectivity index (χ2n) is 13.5. The number of fused-ring (bicyclic) bond motifs is 4. The number of Topliss-reactive ketones (excluding diaryl/α,β-unsaturated/α-hetero) is 1. The number of ether oxygens (including phenoxy) is 3. The zero-order valence-electron chi connectivity index (χ0n) is 25.3. The number of ketones is 2. The molecule has 1 aromatic carbocycles. The van der Waals surface area contributed by atoms with Gasteiger partial charge in [0.1, 0.15) is 18.0 Å². The van der Waals surface area contributed by atoms with Crippen LogP contribution in [0.3, 0.4) is 0 Å². The fourth-order valence-corrected chi connectivity index (χ4v) is 9.59. The number of rotatable bonds is 5. The summed E-state index contributed by atoms with van der Waals surface area (Å²) in [4.78, 5) is 52.1. The minimum absolute atomic E-state index is 0.000446. The molecule has 0 N–H and O–H groups in total. The molecule has 1 saturated carbocycles. The molecule has 3 fully saturated rings. The first kappa shape index (κ1) is 28.0. The monoisotopic (exact) mass is 584 g/mol. The van der Waals surface area contributed by atoms with Crippen molar-refractivity contribution in [3.8, 4) is 11.3 Å². The Labute approximate surface area is 250 Å². The third-order valence-corrected chi connectivity index (χ3v) is 11.6. The van der Waals surface area contributed by atoms with Gasteiger partial charge >= 0.3 is 11.9 Å². The summed E-state index contributed by atoms with van der Waals surface area (Å²) in [5.41, 5.74) is 1.89. The van der Waals surface area contributed by atoms with Crippen LogP contribution in [-0.4, -0.2) is 48.9 Å². The predicted octanol–water partition coefficient (Wildman–Crippen LogP) is 5.61. The zero-order valence-corrected chi connectivity index (χ0v) is 25.3. The average Bonchev–Trinajstić information content (AvgIpc) is 3.72. The second-order valence-corrected chi connectivity index (χ2v) is 13.5. The molecule has 0 spiro atoms. The summed E-state index contributed by atoms with van der Waals surface area (Å²) in [6, 6.07) is 9.38. The fourth-order valence-electron chi connectivity index (χ4n) is 9.59. The van der Waals surface area contributed by atoms with Gasteiger partial charge in [-0.05, 0) is 50.8 Å². The van der Waals surface area contributed by atoms with Gasteiger partial charge in [-0.2, -0.15) is 0 Å². The van der Waals surface area contributed by atoms with Crippen molar-refractivity contribution in [3.05, 3.63) is 71.0 Å². The van der Waals surface area contributed by atoms with Crippen LogP contribution < -0.4 is 0 Å². The van der Waals surface area contributed by atoms with Crippen LogP contribution in [0.15, 0.2) is 64.3 Å². The Hall–Kier alpha value is -3.78. The van der Waals surface area contributed by atoms with Crippen LogP contribution in [0.4, 0.5) is 0 Å². The SMILES string of the molecule is COC(=O)C[C@H]1[C@]2(C)C3=C(C)[C@H](c4ccoc4-c4ccc(C(C)=O)cc4)C[C@H]3O[C@@H]2[C@@H]2OC(=O)[C@]3(C)C=CC(=O)[C@@]1(C)[C@@H]23. The molecule has 0 amide bonds. The molecule has 7 rings (SSSR count). The summed E-state index contributed by atoms with van der Waals surface area (Å²) in [6.45, 7) is 9.46. The Morgan fingerprint density at radius 2 is 1.77 bits per heavy atom. The van der Waals surface area contributed by atoms with Gasteiger partial charge in [0.25, 0.3) is 0 Å². The van der Waals surface area contributed by atoms with Crippen molar-refractivity contribution in [3.63, 3.8) is 0 Å². The van der Waals surface area contributed by atoms with E-state index < -0.39 is 46.3 Å². The van der Waals surface area contributed by atoms with Gasteiger partial charge in [-0.3, -0.25) is 19.2 Å². The minimum atomic E-state index is -1.05. The lowest BCUT2D eigenvalue weighted by Crippen LogP contribution is -2.66. The van der Waals surface area contributed by atoms with Crippen LogP contribution >= 0.6 is 0 Å². The molecule has 1 aromatic heterocycles. The van der Waals surface area contributed by atoms with Crippen molar-refractivity contribution in [1.82, 2.24) is 0 Å². The predicted molar refractivity (Wildman–Crippen MR) is 155 cm³/mol. The Balaban J connectivity index is 1.36. The summed E-state index contributed by atoms with van der Waals surface area (Å²) in [7, 11) is 1.36. The number of furan rings is 1. The molecule has 224 valence electrons. The molecule has 3 aliphatic carbocycles. The lowest BCUT2D eigenvalue weighted by atomic mass is 9.42. The van der Waals surface area contributed by atoms with Crippen LogP contribution in [0.5, 0.6) is 0 Å². The summed E-state index contributed by atoms with van der Waals surface area (Å²) >= 11 is 0. The number of benzene rings is 1. The first-order valence-electron chi connectivity index (χ1n) is 14.9. The topological polar surface area (TPSA) is 109 Å². The minimum Gasteiger partial charge on any atom is -0.469 e. The van der Waals surface area contributed by atoms with Gasteiger partial charge in [0, 0.05) is 39.4 Å². The van der Waals surface area contributed by atoms with E-state index in [1.165, 1.54) is 13.2 Å². The van der Waals surface area contributed by atoms with E-state index in [0.717, 1.165) is 28.0 Å². The van der Waals surface area contributed by atoms with E-state index in [9.17, 15) is 19.2 Å². The van der Waals surface area contributed by atoms with Crippen LogP contribution in [0.25, 0.3) is 11.3 Å². The van der Waals surface area contributed by atoms with E-state index in [4.69, 9.17) is 18.6 Å². The van der Waals surface area contributed by atoms with Gasteiger partial charge in [0.2, 0.25) is 0 Å². The number of methoxy groups -OCH3 is 1. The van der Waals surface area contributed by atoms with Crippen LogP contribution in [0.1, 0.15) is 69.3 Å². The standard InChI is InChI=1S/C35H36O8/c1-17-22(21-12-14-41-28(21)20-9-7-19(8-10-20)18(2)36)15-23-27(17)35(5)24(16-26(38)40-6)34(4)25(37)11-13-33(3)30(34)29(31(35)42-23)43-32(33)39/h7-14,22-24,29-31H,15-16H2,1-6H3/t22-,23-,24-,29-,30+,31-,33-,34+,35-/m1/s1. The maximum atomic E-state index is 13.9. The first-order valence-corrected chi connectivity index (χ1v) is 14.9. The second kappa shape index (κ2) is 9.11. The molecule has 2 aromatic rings. The van der Waals surface area contributed by atoms with E-state index in [1.54, 1.807) is 31.4 Å². The molecule has 8 heteroatoms. The zero-order chi connectivity index (χ0) is 30.6. The van der Waals surface area contributed by atoms with Gasteiger partial charge in [-0.15, -0.1) is 0 Å². The van der Waals surface area contributed by atoms with Crippen molar-refractivity contribution in [2.24, 2.45) is 28.1 Å². The number of hydrogen-bond donors (Lipinski definition) is 0. The maximum Gasteiger partial charge on any atom is 0.316 e. The highest BCUT2D eigenvalue weighted by atomic mass is 16.6. The van der Waals surface area contributed by atoms with Crippen LogP contribution in [-0.2, 0) is 28.6 Å². The van der Waals surface area contributed by atoms with E-state index in [2.05, 4.69) is 13.8 Å². The number of carbonyl (C=O) groups excluding carboxylic acids is 4. The van der Waals surface area contributed by atoms with Gasteiger partial charge in [0.05, 0.1) is 31.3 Å². The molecule has 0 unspecified atom stereocenters. The highest BCUT2D eigenvalue weighted by molar-refractivity contribution is 6.00. The Morgan fingerprint density at radius 1 is 1.05 bits per heavy atom. The highest BCUT2D eigenvalue weighted by Gasteiger charge is 2.77. The van der Waals surface area contributed by atoms with E-state index in [1.807, 2.05) is 32.0 Å². The summed E-state index contributed by atoms with van der Waals surface area (Å²) in [6.07, 6.45) is 4.13. The van der Waals surface area contributed by atoms with Crippen molar-refractivity contribution >= 4 is 23.5 Å². The van der Waals surface area contributed by atoms with Gasteiger partial charge < -0.3 is 18.6 Å². The third kappa shape index (κ3) is 3.47. The Kier molecular flexibility index (Phi) is 5.94. The molecule has 2 aliphatic heterocycles. The molecule has 0 bridgehead atoms. The third-order valence-electron chi connectivity index (χ3n) is 11.6. The van der Waals surface area contributed by atoms with Crippen LogP contribution in [0, 0.1) is 28.1 Å². The molecule has 3 heterocycles. The normalized spacial score (nSPS) is 38.9. The van der Waals surface area contributed by atoms with Crippen molar-refractivity contribution < 1.29 is 37.8 Å². The molecule has 0 radical (unpaired) electrons. The molecule has 5 aliphatic rings. The van der Waals surface area contributed by atoms with E-state index >= 15 is 0 Å². The number of esters is 2. The van der Waals surface area contributed by atoms with Gasteiger partial charge in [0.15, 0.2) is 11.6 Å². The van der Waals surface area contributed by atoms with Crippen LogP contribution in [0.2, 0.25) is 0 Å². The van der Waals surface area contributed by atoms with Gasteiger partial charge in [-0.1, -0.05) is 49.8 Å². The molecular weight excluding hydrogens is 548 g/mol. The fraction of sp³-hybridized carbons (Fsp3) is 0.486. The average molecular weight is 585 g/mol. The number of carbonyl (C=O) groups is 4. The molecule has 9 atom stereocenters. The molecule has 8 nitrogen and oxygen atoms in total. The quantitative estimate of drug-likeness (QED) is 0.253. The van der Waals surface area contributed by atoms with E-state index in [0.29, 0.717) is 12.0 Å². The lowest BCUT2D eigenvalue weighted by Gasteiger charge is -2.59. The molecule has 43 heavy (non-hydrogen) atoms. The van der Waals surface area contributed by atoms with Gasteiger partial charge in [-0.25, -0.2) is 0 Å². The Bertz CT molecular complexity index is 1640. The lowest BCUT2D eigenvalue weighted by molar-refractivity contribution is -0.190. The van der Waals surface area contributed by atoms with Crippen molar-refractivity contribution in [2.75, 3.05) is 7.11 Å². The maximum absolute atomic E-state index is 13.9. The molecular formula is C35H36O8. The summed E-state index contributed by atoms with van der Waals surface area (Å²) in [5.74, 6) is -1.11. The highest BCUT2D eigenvalue weighted by Crippen LogP contribution is 2.72. The van der Waals surface area contributed by atoms with Crippen molar-refractivity contribution in [1.29, 1.82) is 0 Å². The van der Waals surface area contributed by atoms with E-state index in [-0.39, 0.29) is 36.0 Å². The van der Waals surface area contributed by atoms with Crippen molar-refractivity contribution in [2.45, 2.75) is 71.7 Å². The molecule has 2 saturated heterocycles. The first-order chi connectivity index (χ1) is 20.4. The summed E-state index contributed by atoms with van der Waals surface area (Å²) < 4.78 is 24.2. The summed E-state index contributed by atoms with van der Waals surface area (Å²) in [5, 5.41) is 0. The Morgan fingerprint density at radius 3 is 2.44 bits per heavy atom. The number of hydrogen-bond acceptors (Lipinski definition) is 8.